The summed E-state index contributed by atoms with van der Waals surface area (Å²) in [5, 5.41) is 0. The molecule has 4 nitrogen and oxygen atoms in total. The first-order valence-electron chi connectivity index (χ1n) is 9.70. The summed E-state index contributed by atoms with van der Waals surface area (Å²) in [6.45, 7) is 4.77. The molecule has 2 aliphatic heterocycles. The maximum atomic E-state index is 4.92. The van der Waals surface area contributed by atoms with E-state index in [4.69, 9.17) is 9.98 Å². The fourth-order valence-electron chi connectivity index (χ4n) is 3.87. The first-order chi connectivity index (χ1) is 12.3. The van der Waals surface area contributed by atoms with Crippen molar-refractivity contribution in [1.29, 1.82) is 0 Å². The summed E-state index contributed by atoms with van der Waals surface area (Å²) >= 11 is 6.00. The van der Waals surface area contributed by atoms with Crippen LogP contribution in [0.25, 0.3) is 0 Å². The average Bonchev–Trinajstić information content (AvgIpc) is 2.68. The van der Waals surface area contributed by atoms with Crippen molar-refractivity contribution in [3.05, 3.63) is 0 Å². The third-order valence-electron chi connectivity index (χ3n) is 5.32. The van der Waals surface area contributed by atoms with E-state index < -0.39 is 0 Å². The number of piperidine rings is 2. The van der Waals surface area contributed by atoms with E-state index in [2.05, 4.69) is 50.9 Å². The Labute approximate surface area is 173 Å². The van der Waals surface area contributed by atoms with Gasteiger partial charge in [0, 0.05) is 26.2 Å². The van der Waals surface area contributed by atoms with Gasteiger partial charge in [-0.25, -0.2) is 0 Å². The van der Waals surface area contributed by atoms with E-state index in [1.165, 1.54) is 101 Å². The standard InChI is InChI=1S/C18H32N4.2BrH.Ni/c1-5-11-21(12-6-1)15-19-17-9-3-4-10-18(17)20-16-22-13-7-2-8-14-22;;;/h15-18H,1-14H2;2*1H;/q;;;+4/p-2/t17-,18-;;;/m1.../s1. The minimum atomic E-state index is 0.414. The molecule has 1 aliphatic carbocycles. The fraction of sp³-hybridized carbons (Fsp3) is 0.889. The van der Waals surface area contributed by atoms with E-state index in [1.807, 2.05) is 0 Å². The number of nitrogens with zero attached hydrogens (tertiary/aromatic N) is 4. The van der Waals surface area contributed by atoms with Gasteiger partial charge in [0.15, 0.2) is 0 Å². The summed E-state index contributed by atoms with van der Waals surface area (Å²) in [5.41, 5.74) is 0. The summed E-state index contributed by atoms with van der Waals surface area (Å²) in [7, 11) is 1.25. The van der Waals surface area contributed by atoms with Crippen LogP contribution >= 0.6 is 28.5 Å². The molecule has 0 bridgehead atoms. The molecule has 3 aliphatic rings. The summed E-state index contributed by atoms with van der Waals surface area (Å²) in [4.78, 5) is 14.7. The van der Waals surface area contributed by atoms with Gasteiger partial charge in [-0.15, -0.1) is 0 Å². The number of rotatable bonds is 4. The molecule has 0 aromatic carbocycles. The molecule has 0 radical (unpaired) electrons. The number of likely N-dealkylation sites (tertiary alicyclic amines) is 2. The van der Waals surface area contributed by atoms with Crippen molar-refractivity contribution in [2.24, 2.45) is 9.98 Å². The molecule has 2 atom stereocenters. The Morgan fingerprint density at radius 1 is 0.640 bits per heavy atom. The molecule has 146 valence electrons. The number of halogens is 2. The normalized spacial score (nSPS) is 28.4. The van der Waals surface area contributed by atoms with Crippen LogP contribution in [0.3, 0.4) is 0 Å². The molecule has 0 aromatic heterocycles. The molecule has 7 heteroatoms. The number of hydrogen-bond donors (Lipinski definition) is 0. The molecule has 3 rings (SSSR count). The molecule has 3 fully saturated rings. The second kappa shape index (κ2) is 13.5. The van der Waals surface area contributed by atoms with Gasteiger partial charge in [0.05, 0.1) is 24.8 Å². The van der Waals surface area contributed by atoms with Crippen LogP contribution in [0, 0.1) is 0 Å². The van der Waals surface area contributed by atoms with Crippen LogP contribution in [-0.2, 0) is 10.9 Å². The van der Waals surface area contributed by atoms with Crippen LogP contribution in [0.2, 0.25) is 0 Å². The molecule has 0 amide bonds. The predicted molar refractivity (Wildman–Crippen MR) is 112 cm³/mol. The van der Waals surface area contributed by atoms with Crippen molar-refractivity contribution in [3.8, 4) is 0 Å². The molecular weight excluding hydrogens is 491 g/mol. The maximum absolute atomic E-state index is 4.92. The Kier molecular flexibility index (Phi) is 11.8. The van der Waals surface area contributed by atoms with Crippen molar-refractivity contribution >= 4 is 41.1 Å². The van der Waals surface area contributed by atoms with Crippen LogP contribution < -0.4 is 0 Å². The van der Waals surface area contributed by atoms with Gasteiger partial charge in [-0.3, -0.25) is 9.98 Å². The SMILES string of the molecule is C(=N[C@@H]1CCCC[C@H]1N=CN1CCCCC1)N1CCCCC1.[Br][Ni+2][Br]. The second-order valence-electron chi connectivity index (χ2n) is 7.19. The van der Waals surface area contributed by atoms with Gasteiger partial charge in [-0.05, 0) is 51.4 Å². The van der Waals surface area contributed by atoms with E-state index in [-0.39, 0.29) is 0 Å². The Bertz CT molecular complexity index is 361. The molecule has 0 N–H and O–H groups in total. The summed E-state index contributed by atoms with van der Waals surface area (Å²) in [5.74, 6) is 0. The summed E-state index contributed by atoms with van der Waals surface area (Å²) < 4.78 is 0. The number of aliphatic imine (C=N–C) groups is 2. The van der Waals surface area contributed by atoms with Crippen LogP contribution in [0.5, 0.6) is 0 Å². The van der Waals surface area contributed by atoms with Crippen LogP contribution in [0.15, 0.2) is 9.98 Å². The van der Waals surface area contributed by atoms with E-state index in [1.54, 1.807) is 0 Å². The minimum absolute atomic E-state index is 0.414. The monoisotopic (exact) mass is 520 g/mol. The zero-order valence-electron chi connectivity index (χ0n) is 15.1. The quantitative estimate of drug-likeness (QED) is 0.295. The van der Waals surface area contributed by atoms with Gasteiger partial charge in [0.2, 0.25) is 0 Å². The molecule has 2 heterocycles. The van der Waals surface area contributed by atoms with Gasteiger partial charge in [-0.2, -0.15) is 0 Å². The predicted octanol–water partition coefficient (Wildman–Crippen LogP) is 5.01. The van der Waals surface area contributed by atoms with Crippen LogP contribution in [-0.4, -0.2) is 60.7 Å². The molecule has 2 saturated heterocycles. The topological polar surface area (TPSA) is 31.2 Å². The summed E-state index contributed by atoms with van der Waals surface area (Å²) in [6.07, 6.45) is 17.4. The molecular formula is C18H32Br2N4Ni+2. The molecule has 0 aromatic rings. The van der Waals surface area contributed by atoms with E-state index in [0.29, 0.717) is 12.1 Å². The Morgan fingerprint density at radius 3 is 1.36 bits per heavy atom. The Morgan fingerprint density at radius 2 is 1.00 bits per heavy atom. The summed E-state index contributed by atoms with van der Waals surface area (Å²) in [6, 6.07) is 0.827. The number of hydrogen-bond acceptors (Lipinski definition) is 2. The third-order valence-corrected chi connectivity index (χ3v) is 5.32. The molecule has 0 unspecified atom stereocenters. The van der Waals surface area contributed by atoms with E-state index in [9.17, 15) is 0 Å². The Balaban J connectivity index is 0.000000701. The van der Waals surface area contributed by atoms with Crippen molar-refractivity contribution in [1.82, 2.24) is 9.80 Å². The average molecular weight is 523 g/mol. The van der Waals surface area contributed by atoms with Crippen molar-refractivity contribution < 1.29 is 10.9 Å². The van der Waals surface area contributed by atoms with Crippen LogP contribution in [0.1, 0.15) is 64.2 Å². The fourth-order valence-corrected chi connectivity index (χ4v) is 3.87. The third kappa shape index (κ3) is 8.75. The van der Waals surface area contributed by atoms with Crippen molar-refractivity contribution in [3.63, 3.8) is 0 Å². The molecule has 0 spiro atoms. The van der Waals surface area contributed by atoms with E-state index in [0.717, 1.165) is 0 Å². The molecule has 25 heavy (non-hydrogen) atoms. The first-order valence-corrected chi connectivity index (χ1v) is 14.6. The van der Waals surface area contributed by atoms with Crippen molar-refractivity contribution in [2.75, 3.05) is 26.2 Å². The van der Waals surface area contributed by atoms with Gasteiger partial charge in [0.1, 0.15) is 0 Å². The Hall–Kier alpha value is 0.394. The van der Waals surface area contributed by atoms with Crippen LogP contribution in [0.4, 0.5) is 0 Å². The first kappa shape index (κ1) is 21.7. The van der Waals surface area contributed by atoms with Gasteiger partial charge >= 0.3 is 39.3 Å². The van der Waals surface area contributed by atoms with Crippen molar-refractivity contribution in [2.45, 2.75) is 76.3 Å². The van der Waals surface area contributed by atoms with Gasteiger partial charge in [0.25, 0.3) is 0 Å². The van der Waals surface area contributed by atoms with Gasteiger partial charge < -0.3 is 9.80 Å². The zero-order chi connectivity index (χ0) is 17.7. The van der Waals surface area contributed by atoms with E-state index >= 15 is 0 Å². The second-order valence-corrected chi connectivity index (χ2v) is 12.2. The molecule has 1 saturated carbocycles. The zero-order valence-corrected chi connectivity index (χ0v) is 19.2. The van der Waals surface area contributed by atoms with Gasteiger partial charge in [-0.1, -0.05) is 12.8 Å².